The molecule has 26 heavy (non-hydrogen) atoms. The van der Waals surface area contributed by atoms with Gasteiger partial charge in [-0.05, 0) is 54.8 Å². The summed E-state index contributed by atoms with van der Waals surface area (Å²) in [5.74, 6) is 1.03. The van der Waals surface area contributed by atoms with Crippen LogP contribution in [0.3, 0.4) is 0 Å². The van der Waals surface area contributed by atoms with Gasteiger partial charge in [0.25, 0.3) is 5.91 Å². The SMILES string of the molecule is COc1ccc(C=NNC(=O)c2cc(C3CC3)nc3ccccc23)cc1. The lowest BCUT2D eigenvalue weighted by Gasteiger charge is -2.08. The molecule has 5 heteroatoms. The number of nitrogens with one attached hydrogen (secondary N) is 1. The average molecular weight is 345 g/mol. The highest BCUT2D eigenvalue weighted by Gasteiger charge is 2.26. The van der Waals surface area contributed by atoms with Gasteiger partial charge in [0.15, 0.2) is 0 Å². The van der Waals surface area contributed by atoms with Crippen molar-refractivity contribution in [1.29, 1.82) is 0 Å². The first-order chi connectivity index (χ1) is 12.7. The number of hydrazone groups is 1. The number of para-hydroxylation sites is 1. The molecule has 1 aromatic heterocycles. The van der Waals surface area contributed by atoms with Crippen LogP contribution in [0.1, 0.15) is 40.4 Å². The van der Waals surface area contributed by atoms with Crippen molar-refractivity contribution in [3.63, 3.8) is 0 Å². The Morgan fingerprint density at radius 1 is 1.19 bits per heavy atom. The van der Waals surface area contributed by atoms with E-state index in [1.807, 2.05) is 54.6 Å². The Balaban J connectivity index is 1.56. The molecule has 1 aliphatic rings. The summed E-state index contributed by atoms with van der Waals surface area (Å²) in [6.07, 6.45) is 3.90. The van der Waals surface area contributed by atoms with Gasteiger partial charge < -0.3 is 4.74 Å². The van der Waals surface area contributed by atoms with Crippen molar-refractivity contribution in [2.24, 2.45) is 5.10 Å². The second-order valence-corrected chi connectivity index (χ2v) is 6.36. The largest absolute Gasteiger partial charge is 0.497 e. The lowest BCUT2D eigenvalue weighted by molar-refractivity contribution is 0.0956. The summed E-state index contributed by atoms with van der Waals surface area (Å²) in [5.41, 5.74) is 5.96. The first-order valence-electron chi connectivity index (χ1n) is 8.62. The third kappa shape index (κ3) is 3.42. The maximum Gasteiger partial charge on any atom is 0.272 e. The molecule has 130 valence electrons. The maximum atomic E-state index is 12.7. The Morgan fingerprint density at radius 3 is 2.69 bits per heavy atom. The number of methoxy groups -OCH3 is 1. The number of hydrogen-bond donors (Lipinski definition) is 1. The Morgan fingerprint density at radius 2 is 1.96 bits per heavy atom. The molecule has 1 heterocycles. The highest BCUT2D eigenvalue weighted by atomic mass is 16.5. The monoisotopic (exact) mass is 345 g/mol. The quantitative estimate of drug-likeness (QED) is 0.564. The fourth-order valence-electron chi connectivity index (χ4n) is 2.89. The predicted molar refractivity (Wildman–Crippen MR) is 102 cm³/mol. The zero-order valence-electron chi connectivity index (χ0n) is 14.5. The molecule has 0 unspecified atom stereocenters. The zero-order valence-corrected chi connectivity index (χ0v) is 14.5. The van der Waals surface area contributed by atoms with Crippen LogP contribution in [0.2, 0.25) is 0 Å². The summed E-state index contributed by atoms with van der Waals surface area (Å²) in [6, 6.07) is 17.1. The number of carbonyl (C=O) groups is 1. The van der Waals surface area contributed by atoms with E-state index in [4.69, 9.17) is 9.72 Å². The summed E-state index contributed by atoms with van der Waals surface area (Å²) in [6.45, 7) is 0. The maximum absolute atomic E-state index is 12.7. The normalized spacial score (nSPS) is 13.9. The molecule has 4 rings (SSSR count). The number of ether oxygens (including phenoxy) is 1. The lowest BCUT2D eigenvalue weighted by atomic mass is 10.1. The third-order valence-corrected chi connectivity index (χ3v) is 4.47. The molecule has 1 amide bonds. The Kier molecular flexibility index (Phi) is 4.35. The number of fused-ring (bicyclic) bond motifs is 1. The minimum atomic E-state index is -0.227. The van der Waals surface area contributed by atoms with Crippen LogP contribution >= 0.6 is 0 Å². The highest BCUT2D eigenvalue weighted by molar-refractivity contribution is 6.06. The number of pyridine rings is 1. The van der Waals surface area contributed by atoms with Gasteiger partial charge in [0.05, 0.1) is 24.4 Å². The van der Waals surface area contributed by atoms with Crippen molar-refractivity contribution in [3.05, 3.63) is 71.4 Å². The number of amides is 1. The first kappa shape index (κ1) is 16.3. The summed E-state index contributed by atoms with van der Waals surface area (Å²) < 4.78 is 5.13. The van der Waals surface area contributed by atoms with Crippen molar-refractivity contribution in [1.82, 2.24) is 10.4 Å². The predicted octanol–water partition coefficient (Wildman–Crippen LogP) is 3.88. The number of nitrogens with zero attached hydrogens (tertiary/aromatic N) is 2. The van der Waals surface area contributed by atoms with E-state index in [9.17, 15) is 4.79 Å². The molecule has 1 fully saturated rings. The van der Waals surface area contributed by atoms with Crippen LogP contribution in [-0.4, -0.2) is 24.2 Å². The summed E-state index contributed by atoms with van der Waals surface area (Å²) in [4.78, 5) is 17.4. The van der Waals surface area contributed by atoms with Crippen LogP contribution in [0.15, 0.2) is 59.7 Å². The topological polar surface area (TPSA) is 63.6 Å². The summed E-state index contributed by atoms with van der Waals surface area (Å²) in [7, 11) is 1.62. The Hall–Kier alpha value is -3.21. The van der Waals surface area contributed by atoms with E-state index in [1.54, 1.807) is 13.3 Å². The number of carbonyl (C=O) groups excluding carboxylic acids is 1. The molecule has 0 aliphatic heterocycles. The fraction of sp³-hybridized carbons (Fsp3) is 0.190. The van der Waals surface area contributed by atoms with E-state index in [0.29, 0.717) is 11.5 Å². The molecule has 0 bridgehead atoms. The molecule has 0 radical (unpaired) electrons. The van der Waals surface area contributed by atoms with Gasteiger partial charge in [-0.3, -0.25) is 9.78 Å². The number of benzene rings is 2. The fourth-order valence-corrected chi connectivity index (χ4v) is 2.89. The van der Waals surface area contributed by atoms with Crippen LogP contribution in [-0.2, 0) is 0 Å². The standard InChI is InChI=1S/C21H19N3O2/c1-26-16-10-6-14(7-11-16)13-22-24-21(25)18-12-20(15-8-9-15)23-19-5-3-2-4-17(18)19/h2-7,10-13,15H,8-9H2,1H3,(H,24,25). The molecule has 2 aromatic carbocycles. The summed E-state index contributed by atoms with van der Waals surface area (Å²) >= 11 is 0. The molecular weight excluding hydrogens is 326 g/mol. The summed E-state index contributed by atoms with van der Waals surface area (Å²) in [5, 5.41) is 4.93. The molecule has 0 spiro atoms. The third-order valence-electron chi connectivity index (χ3n) is 4.47. The van der Waals surface area contributed by atoms with Crippen molar-refractivity contribution in [2.45, 2.75) is 18.8 Å². The van der Waals surface area contributed by atoms with E-state index in [1.165, 1.54) is 0 Å². The van der Waals surface area contributed by atoms with Gasteiger partial charge in [0, 0.05) is 17.0 Å². The molecule has 3 aromatic rings. The minimum Gasteiger partial charge on any atom is -0.497 e. The van der Waals surface area contributed by atoms with Crippen LogP contribution in [0.5, 0.6) is 5.75 Å². The number of aromatic nitrogens is 1. The molecule has 5 nitrogen and oxygen atoms in total. The van der Waals surface area contributed by atoms with Gasteiger partial charge >= 0.3 is 0 Å². The molecule has 1 saturated carbocycles. The van der Waals surface area contributed by atoms with Gasteiger partial charge in [0.1, 0.15) is 5.75 Å². The van der Waals surface area contributed by atoms with Crippen molar-refractivity contribution >= 4 is 23.0 Å². The van der Waals surface area contributed by atoms with Gasteiger partial charge in [-0.1, -0.05) is 18.2 Å². The number of hydrogen-bond acceptors (Lipinski definition) is 4. The molecule has 1 N–H and O–H groups in total. The Labute approximate surface area is 151 Å². The number of rotatable bonds is 5. The van der Waals surface area contributed by atoms with Crippen LogP contribution in [0.25, 0.3) is 10.9 Å². The lowest BCUT2D eigenvalue weighted by Crippen LogP contribution is -2.18. The van der Waals surface area contributed by atoms with Crippen LogP contribution in [0, 0.1) is 0 Å². The van der Waals surface area contributed by atoms with Crippen molar-refractivity contribution < 1.29 is 9.53 Å². The van der Waals surface area contributed by atoms with Gasteiger partial charge in [-0.25, -0.2) is 5.43 Å². The first-order valence-corrected chi connectivity index (χ1v) is 8.62. The smallest absolute Gasteiger partial charge is 0.272 e. The van der Waals surface area contributed by atoms with E-state index in [-0.39, 0.29) is 5.91 Å². The van der Waals surface area contributed by atoms with Gasteiger partial charge in [-0.15, -0.1) is 0 Å². The minimum absolute atomic E-state index is 0.227. The molecular formula is C21H19N3O2. The second-order valence-electron chi connectivity index (χ2n) is 6.36. The van der Waals surface area contributed by atoms with E-state index in [0.717, 1.165) is 40.8 Å². The van der Waals surface area contributed by atoms with Gasteiger partial charge in [0.2, 0.25) is 0 Å². The Bertz CT molecular complexity index is 976. The van der Waals surface area contributed by atoms with E-state index >= 15 is 0 Å². The van der Waals surface area contributed by atoms with Gasteiger partial charge in [-0.2, -0.15) is 5.10 Å². The van der Waals surface area contributed by atoms with E-state index in [2.05, 4.69) is 10.5 Å². The molecule has 0 saturated heterocycles. The molecule has 0 atom stereocenters. The molecule has 1 aliphatic carbocycles. The van der Waals surface area contributed by atoms with Crippen molar-refractivity contribution in [3.8, 4) is 5.75 Å². The highest BCUT2D eigenvalue weighted by Crippen LogP contribution is 2.40. The average Bonchev–Trinajstić information content (AvgIpc) is 3.53. The van der Waals surface area contributed by atoms with Crippen LogP contribution < -0.4 is 10.2 Å². The van der Waals surface area contributed by atoms with Crippen LogP contribution in [0.4, 0.5) is 0 Å². The second kappa shape index (κ2) is 6.96. The van der Waals surface area contributed by atoms with E-state index < -0.39 is 0 Å². The zero-order chi connectivity index (χ0) is 17.9. The van der Waals surface area contributed by atoms with Crippen molar-refractivity contribution in [2.75, 3.05) is 7.11 Å².